The zero-order chi connectivity index (χ0) is 14.8. The van der Waals surface area contributed by atoms with Crippen molar-refractivity contribution in [2.45, 2.75) is 20.4 Å². The second-order valence-electron chi connectivity index (χ2n) is 5.35. The Balaban J connectivity index is 2.05. The number of aryl methyl sites for hydroxylation is 2. The summed E-state index contributed by atoms with van der Waals surface area (Å²) in [6.07, 6.45) is 2.01. The minimum absolute atomic E-state index is 0.481. The molecule has 0 aliphatic heterocycles. The molecule has 0 radical (unpaired) electrons. The van der Waals surface area contributed by atoms with Crippen molar-refractivity contribution in [3.05, 3.63) is 71.4 Å². The molecule has 0 aliphatic carbocycles. The minimum Gasteiger partial charge on any atom is -0.326 e. The second kappa shape index (κ2) is 5.54. The van der Waals surface area contributed by atoms with Crippen LogP contribution < -0.4 is 5.73 Å². The first-order chi connectivity index (χ1) is 10.2. The van der Waals surface area contributed by atoms with E-state index in [9.17, 15) is 0 Å². The van der Waals surface area contributed by atoms with Gasteiger partial charge in [-0.05, 0) is 26.0 Å². The third kappa shape index (κ3) is 2.73. The Hall–Kier alpha value is -2.39. The molecule has 106 valence electrons. The Morgan fingerprint density at radius 1 is 0.905 bits per heavy atom. The monoisotopic (exact) mass is 277 g/mol. The van der Waals surface area contributed by atoms with E-state index in [1.54, 1.807) is 0 Å². The van der Waals surface area contributed by atoms with Gasteiger partial charge in [-0.25, -0.2) is 4.68 Å². The third-order valence-electron chi connectivity index (χ3n) is 3.63. The van der Waals surface area contributed by atoms with Gasteiger partial charge < -0.3 is 5.73 Å². The smallest absolute Gasteiger partial charge is 0.0972 e. The molecule has 21 heavy (non-hydrogen) atoms. The highest BCUT2D eigenvalue weighted by Crippen LogP contribution is 2.24. The molecule has 0 spiro atoms. The Labute approximate surface area is 125 Å². The van der Waals surface area contributed by atoms with Crippen LogP contribution in [0, 0.1) is 13.8 Å². The van der Waals surface area contributed by atoms with Crippen molar-refractivity contribution in [1.82, 2.24) is 9.78 Å². The lowest BCUT2D eigenvalue weighted by Gasteiger charge is -2.02. The number of nitrogens with two attached hydrogens (primary N) is 1. The summed E-state index contributed by atoms with van der Waals surface area (Å²) in [6, 6.07) is 16.7. The number of rotatable bonds is 3. The molecule has 2 N–H and O–H groups in total. The topological polar surface area (TPSA) is 43.8 Å². The van der Waals surface area contributed by atoms with E-state index in [0.29, 0.717) is 6.54 Å². The van der Waals surface area contributed by atoms with E-state index in [1.807, 2.05) is 10.9 Å². The lowest BCUT2D eigenvalue weighted by Crippen LogP contribution is -1.96. The van der Waals surface area contributed by atoms with Crippen LogP contribution in [0.25, 0.3) is 16.9 Å². The number of hydrogen-bond acceptors (Lipinski definition) is 2. The molecule has 0 aliphatic rings. The second-order valence-corrected chi connectivity index (χ2v) is 5.35. The fourth-order valence-corrected chi connectivity index (χ4v) is 2.34. The summed E-state index contributed by atoms with van der Waals surface area (Å²) < 4.78 is 1.90. The zero-order valence-electron chi connectivity index (χ0n) is 12.4. The molecule has 3 aromatic rings. The number of nitrogens with zero attached hydrogens (tertiary/aromatic N) is 2. The first-order valence-electron chi connectivity index (χ1n) is 7.10. The van der Waals surface area contributed by atoms with Gasteiger partial charge >= 0.3 is 0 Å². The molecule has 0 atom stereocenters. The normalized spacial score (nSPS) is 10.8. The predicted molar refractivity (Wildman–Crippen MR) is 86.4 cm³/mol. The van der Waals surface area contributed by atoms with E-state index >= 15 is 0 Å². The number of benzene rings is 2. The maximum atomic E-state index is 5.88. The molecule has 0 fully saturated rings. The van der Waals surface area contributed by atoms with Gasteiger partial charge in [-0.15, -0.1) is 0 Å². The lowest BCUT2D eigenvalue weighted by molar-refractivity contribution is 0.882. The fourth-order valence-electron chi connectivity index (χ4n) is 2.34. The van der Waals surface area contributed by atoms with Crippen LogP contribution in [0.4, 0.5) is 0 Å². The summed E-state index contributed by atoms with van der Waals surface area (Å²) >= 11 is 0. The van der Waals surface area contributed by atoms with E-state index in [1.165, 1.54) is 11.1 Å². The summed E-state index contributed by atoms with van der Waals surface area (Å²) in [4.78, 5) is 0. The Morgan fingerprint density at radius 3 is 2.05 bits per heavy atom. The summed E-state index contributed by atoms with van der Waals surface area (Å²) in [6.45, 7) is 4.64. The van der Waals surface area contributed by atoms with Crippen LogP contribution in [0.15, 0.2) is 54.7 Å². The van der Waals surface area contributed by atoms with Gasteiger partial charge in [0.05, 0.1) is 11.4 Å². The van der Waals surface area contributed by atoms with Crippen LogP contribution in [-0.2, 0) is 6.54 Å². The van der Waals surface area contributed by atoms with E-state index < -0.39 is 0 Å². The summed E-state index contributed by atoms with van der Waals surface area (Å²) in [5.74, 6) is 0. The van der Waals surface area contributed by atoms with Crippen LogP contribution in [-0.4, -0.2) is 9.78 Å². The van der Waals surface area contributed by atoms with E-state index in [2.05, 4.69) is 62.4 Å². The van der Waals surface area contributed by atoms with Crippen molar-refractivity contribution >= 4 is 0 Å². The standard InChI is InChI=1S/C18H19N3/c1-13-3-7-15(8-4-13)18-16(11-19)12-21(20-18)17-9-5-14(2)6-10-17/h3-10,12H,11,19H2,1-2H3. The van der Waals surface area contributed by atoms with E-state index in [4.69, 9.17) is 10.8 Å². The summed E-state index contributed by atoms with van der Waals surface area (Å²) in [7, 11) is 0. The highest BCUT2D eigenvalue weighted by atomic mass is 15.3. The van der Waals surface area contributed by atoms with Crippen LogP contribution in [0.2, 0.25) is 0 Å². The first kappa shape index (κ1) is 13.6. The molecule has 0 amide bonds. The maximum Gasteiger partial charge on any atom is 0.0972 e. The quantitative estimate of drug-likeness (QED) is 0.794. The lowest BCUT2D eigenvalue weighted by atomic mass is 10.1. The van der Waals surface area contributed by atoms with Crippen molar-refractivity contribution in [3.8, 4) is 16.9 Å². The summed E-state index contributed by atoms with van der Waals surface area (Å²) in [5, 5.41) is 4.72. The largest absolute Gasteiger partial charge is 0.326 e. The molecule has 0 saturated heterocycles. The van der Waals surface area contributed by atoms with Crippen LogP contribution in [0.1, 0.15) is 16.7 Å². The Morgan fingerprint density at radius 2 is 1.48 bits per heavy atom. The van der Waals surface area contributed by atoms with Gasteiger partial charge in [-0.2, -0.15) is 5.10 Å². The average molecular weight is 277 g/mol. The molecule has 3 nitrogen and oxygen atoms in total. The van der Waals surface area contributed by atoms with Crippen molar-refractivity contribution in [2.24, 2.45) is 5.73 Å². The molecular formula is C18H19N3. The molecule has 3 heteroatoms. The molecule has 2 aromatic carbocycles. The summed E-state index contributed by atoms with van der Waals surface area (Å²) in [5.41, 5.74) is 12.5. The van der Waals surface area contributed by atoms with Crippen LogP contribution >= 0.6 is 0 Å². The molecule has 1 aromatic heterocycles. The predicted octanol–water partition coefficient (Wildman–Crippen LogP) is 3.61. The molecule has 1 heterocycles. The zero-order valence-corrected chi connectivity index (χ0v) is 12.4. The Bertz CT molecular complexity index is 737. The van der Waals surface area contributed by atoms with Gasteiger partial charge in [0.1, 0.15) is 0 Å². The molecule has 3 rings (SSSR count). The van der Waals surface area contributed by atoms with Crippen molar-refractivity contribution < 1.29 is 0 Å². The SMILES string of the molecule is Cc1ccc(-c2nn(-c3ccc(C)cc3)cc2CN)cc1. The molecule has 0 saturated carbocycles. The van der Waals surface area contributed by atoms with Crippen molar-refractivity contribution in [2.75, 3.05) is 0 Å². The highest BCUT2D eigenvalue weighted by molar-refractivity contribution is 5.63. The van der Waals surface area contributed by atoms with Gasteiger partial charge in [-0.3, -0.25) is 0 Å². The van der Waals surface area contributed by atoms with Gasteiger partial charge in [0, 0.05) is 23.9 Å². The van der Waals surface area contributed by atoms with Gasteiger partial charge in [0.25, 0.3) is 0 Å². The average Bonchev–Trinajstić information content (AvgIpc) is 2.93. The maximum absolute atomic E-state index is 5.88. The van der Waals surface area contributed by atoms with Gasteiger partial charge in [0.2, 0.25) is 0 Å². The highest BCUT2D eigenvalue weighted by Gasteiger charge is 2.10. The Kier molecular flexibility index (Phi) is 3.59. The molecule has 0 unspecified atom stereocenters. The van der Waals surface area contributed by atoms with E-state index in [0.717, 1.165) is 22.5 Å². The van der Waals surface area contributed by atoms with Gasteiger partial charge in [0.15, 0.2) is 0 Å². The number of aromatic nitrogens is 2. The van der Waals surface area contributed by atoms with Crippen molar-refractivity contribution in [1.29, 1.82) is 0 Å². The number of hydrogen-bond donors (Lipinski definition) is 1. The fraction of sp³-hybridized carbons (Fsp3) is 0.167. The molecule has 0 bridgehead atoms. The van der Waals surface area contributed by atoms with Gasteiger partial charge in [-0.1, -0.05) is 47.5 Å². The van der Waals surface area contributed by atoms with E-state index in [-0.39, 0.29) is 0 Å². The third-order valence-corrected chi connectivity index (χ3v) is 3.63. The first-order valence-corrected chi connectivity index (χ1v) is 7.10. The van der Waals surface area contributed by atoms with Crippen LogP contribution in [0.5, 0.6) is 0 Å². The van der Waals surface area contributed by atoms with Crippen LogP contribution in [0.3, 0.4) is 0 Å². The van der Waals surface area contributed by atoms with Crippen molar-refractivity contribution in [3.63, 3.8) is 0 Å². The minimum atomic E-state index is 0.481. The molecular weight excluding hydrogens is 258 g/mol.